The summed E-state index contributed by atoms with van der Waals surface area (Å²) in [7, 11) is 0. The summed E-state index contributed by atoms with van der Waals surface area (Å²) in [6.45, 7) is 5.17. The first-order valence-electron chi connectivity index (χ1n) is 8.05. The van der Waals surface area contributed by atoms with Gasteiger partial charge in [-0.15, -0.1) is 0 Å². The molecular weight excluding hydrogens is 359 g/mol. The highest BCUT2D eigenvalue weighted by Crippen LogP contribution is 2.22. The quantitative estimate of drug-likeness (QED) is 0.782. The first-order chi connectivity index (χ1) is 12.3. The summed E-state index contributed by atoms with van der Waals surface area (Å²) in [5.41, 5.74) is 2.00. The third kappa shape index (κ3) is 5.46. The van der Waals surface area contributed by atoms with Gasteiger partial charge in [0.2, 0.25) is 5.91 Å². The van der Waals surface area contributed by atoms with Crippen molar-refractivity contribution in [2.75, 3.05) is 17.2 Å². The second-order valence-corrected chi connectivity index (χ2v) is 6.49. The summed E-state index contributed by atoms with van der Waals surface area (Å²) < 4.78 is 18.4. The number of benzene rings is 2. The van der Waals surface area contributed by atoms with Gasteiger partial charge in [0, 0.05) is 23.4 Å². The number of hydrogen-bond acceptors (Lipinski definition) is 3. The summed E-state index contributed by atoms with van der Waals surface area (Å²) in [4.78, 5) is 23.9. The maximum atomic E-state index is 13.1. The maximum absolute atomic E-state index is 13.1. The highest BCUT2D eigenvalue weighted by Gasteiger charge is 2.11. The fourth-order valence-corrected chi connectivity index (χ4v) is 2.19. The molecule has 2 amide bonds. The van der Waals surface area contributed by atoms with Crippen molar-refractivity contribution < 1.29 is 18.7 Å². The lowest BCUT2D eigenvalue weighted by Gasteiger charge is -2.13. The third-order valence-corrected chi connectivity index (χ3v) is 3.85. The number of halogens is 2. The normalized spacial score (nSPS) is 10.5. The number of aryl methyl sites for hydroxylation is 1. The van der Waals surface area contributed by atoms with Crippen LogP contribution in [0.5, 0.6) is 5.75 Å². The molecular formula is C19H20ClFN2O3. The van der Waals surface area contributed by atoms with Crippen LogP contribution < -0.4 is 15.4 Å². The molecule has 2 rings (SSSR count). The average molecular weight is 379 g/mol. The SMILES string of the molecule is Cc1ccc(NC(=O)C(C)C)cc1NC(=O)COc1ccc(F)c(Cl)c1. The molecule has 0 heterocycles. The van der Waals surface area contributed by atoms with Crippen LogP contribution in [-0.2, 0) is 9.59 Å². The van der Waals surface area contributed by atoms with Crippen molar-refractivity contribution in [1.29, 1.82) is 0 Å². The molecule has 2 aromatic rings. The van der Waals surface area contributed by atoms with Crippen molar-refractivity contribution in [3.05, 3.63) is 52.8 Å². The Kier molecular flexibility index (Phi) is 6.58. The highest BCUT2D eigenvalue weighted by molar-refractivity contribution is 6.30. The molecule has 0 saturated heterocycles. The molecule has 0 aromatic heterocycles. The zero-order valence-electron chi connectivity index (χ0n) is 14.7. The smallest absolute Gasteiger partial charge is 0.262 e. The van der Waals surface area contributed by atoms with Crippen molar-refractivity contribution in [2.45, 2.75) is 20.8 Å². The Morgan fingerprint density at radius 3 is 2.54 bits per heavy atom. The van der Waals surface area contributed by atoms with Crippen molar-refractivity contribution >= 4 is 34.8 Å². The van der Waals surface area contributed by atoms with Crippen LogP contribution in [0.15, 0.2) is 36.4 Å². The van der Waals surface area contributed by atoms with Crippen LogP contribution in [0.25, 0.3) is 0 Å². The summed E-state index contributed by atoms with van der Waals surface area (Å²) in [5, 5.41) is 5.43. The zero-order valence-corrected chi connectivity index (χ0v) is 15.5. The molecule has 0 spiro atoms. The Labute approximate surface area is 156 Å². The number of carbonyl (C=O) groups is 2. The van der Waals surface area contributed by atoms with E-state index in [1.165, 1.54) is 18.2 Å². The Balaban J connectivity index is 1.99. The van der Waals surface area contributed by atoms with Gasteiger partial charge in [-0.3, -0.25) is 9.59 Å². The number of amides is 2. The highest BCUT2D eigenvalue weighted by atomic mass is 35.5. The van der Waals surface area contributed by atoms with Crippen molar-refractivity contribution in [1.82, 2.24) is 0 Å². The van der Waals surface area contributed by atoms with Crippen LogP contribution in [0.1, 0.15) is 19.4 Å². The van der Waals surface area contributed by atoms with Gasteiger partial charge in [-0.2, -0.15) is 0 Å². The van der Waals surface area contributed by atoms with E-state index >= 15 is 0 Å². The van der Waals surface area contributed by atoms with Gasteiger partial charge in [0.1, 0.15) is 11.6 Å². The monoisotopic (exact) mass is 378 g/mol. The molecule has 0 radical (unpaired) electrons. The number of carbonyl (C=O) groups excluding carboxylic acids is 2. The van der Waals surface area contributed by atoms with E-state index in [-0.39, 0.29) is 29.4 Å². The summed E-state index contributed by atoms with van der Waals surface area (Å²) in [6, 6.07) is 9.11. The molecule has 0 aliphatic heterocycles. The van der Waals surface area contributed by atoms with E-state index in [0.717, 1.165) is 5.56 Å². The molecule has 138 valence electrons. The lowest BCUT2D eigenvalue weighted by Crippen LogP contribution is -2.21. The molecule has 0 atom stereocenters. The van der Waals surface area contributed by atoms with Gasteiger partial charge in [-0.25, -0.2) is 4.39 Å². The molecule has 26 heavy (non-hydrogen) atoms. The van der Waals surface area contributed by atoms with Crippen LogP contribution in [0, 0.1) is 18.7 Å². The van der Waals surface area contributed by atoms with E-state index in [1.54, 1.807) is 32.0 Å². The van der Waals surface area contributed by atoms with Gasteiger partial charge in [0.15, 0.2) is 6.61 Å². The molecule has 0 saturated carbocycles. The van der Waals surface area contributed by atoms with E-state index in [9.17, 15) is 14.0 Å². The van der Waals surface area contributed by atoms with Crippen molar-refractivity contribution in [2.24, 2.45) is 5.92 Å². The Morgan fingerprint density at radius 2 is 1.88 bits per heavy atom. The van der Waals surface area contributed by atoms with Crippen LogP contribution in [-0.4, -0.2) is 18.4 Å². The number of nitrogens with one attached hydrogen (secondary N) is 2. The minimum absolute atomic E-state index is 0.0765. The number of rotatable bonds is 6. The predicted octanol–water partition coefficient (Wildman–Crippen LogP) is 4.40. The molecule has 0 unspecified atom stereocenters. The van der Waals surface area contributed by atoms with Crippen molar-refractivity contribution in [3.8, 4) is 5.75 Å². The van der Waals surface area contributed by atoms with E-state index in [2.05, 4.69) is 10.6 Å². The Hall–Kier alpha value is -2.60. The second-order valence-electron chi connectivity index (χ2n) is 6.09. The number of ether oxygens (including phenoxy) is 1. The van der Waals surface area contributed by atoms with Crippen LogP contribution in [0.3, 0.4) is 0 Å². The van der Waals surface area contributed by atoms with Crippen LogP contribution in [0.2, 0.25) is 5.02 Å². The lowest BCUT2D eigenvalue weighted by atomic mass is 10.1. The summed E-state index contributed by atoms with van der Waals surface area (Å²) in [5.74, 6) is -0.908. The number of hydrogen-bond donors (Lipinski definition) is 2. The van der Waals surface area contributed by atoms with Gasteiger partial charge in [0.25, 0.3) is 5.91 Å². The predicted molar refractivity (Wildman–Crippen MR) is 100 cm³/mol. The lowest BCUT2D eigenvalue weighted by molar-refractivity contribution is -0.119. The summed E-state index contributed by atoms with van der Waals surface area (Å²) in [6.07, 6.45) is 0. The molecule has 0 fully saturated rings. The fourth-order valence-electron chi connectivity index (χ4n) is 2.02. The van der Waals surface area contributed by atoms with E-state index in [1.807, 2.05) is 6.92 Å². The molecule has 7 heteroatoms. The number of anilines is 2. The van der Waals surface area contributed by atoms with Crippen LogP contribution in [0.4, 0.5) is 15.8 Å². The first-order valence-corrected chi connectivity index (χ1v) is 8.43. The van der Waals surface area contributed by atoms with Gasteiger partial charge in [-0.1, -0.05) is 31.5 Å². The molecule has 0 aliphatic rings. The van der Waals surface area contributed by atoms with E-state index in [0.29, 0.717) is 17.1 Å². The minimum Gasteiger partial charge on any atom is -0.484 e. The third-order valence-electron chi connectivity index (χ3n) is 3.56. The Bertz CT molecular complexity index is 824. The topological polar surface area (TPSA) is 67.4 Å². The fraction of sp³-hybridized carbons (Fsp3) is 0.263. The molecule has 2 aromatic carbocycles. The summed E-state index contributed by atoms with van der Waals surface area (Å²) >= 11 is 5.67. The maximum Gasteiger partial charge on any atom is 0.262 e. The zero-order chi connectivity index (χ0) is 19.3. The van der Waals surface area contributed by atoms with Gasteiger partial charge < -0.3 is 15.4 Å². The van der Waals surface area contributed by atoms with E-state index < -0.39 is 5.82 Å². The molecule has 2 N–H and O–H groups in total. The largest absolute Gasteiger partial charge is 0.484 e. The first kappa shape index (κ1) is 19.7. The molecule has 5 nitrogen and oxygen atoms in total. The van der Waals surface area contributed by atoms with Gasteiger partial charge in [0.05, 0.1) is 5.02 Å². The molecule has 0 aliphatic carbocycles. The Morgan fingerprint density at radius 1 is 1.15 bits per heavy atom. The van der Waals surface area contributed by atoms with Crippen LogP contribution >= 0.6 is 11.6 Å². The standard InChI is InChI=1S/C19H20ClFN2O3/c1-11(2)19(25)22-13-5-4-12(3)17(8-13)23-18(24)10-26-14-6-7-16(21)15(20)9-14/h4-9,11H,10H2,1-3H3,(H,22,25)(H,23,24). The second kappa shape index (κ2) is 8.67. The van der Waals surface area contributed by atoms with E-state index in [4.69, 9.17) is 16.3 Å². The minimum atomic E-state index is -0.556. The average Bonchev–Trinajstić information content (AvgIpc) is 2.58. The van der Waals surface area contributed by atoms with Gasteiger partial charge in [-0.05, 0) is 36.8 Å². The van der Waals surface area contributed by atoms with Gasteiger partial charge >= 0.3 is 0 Å². The van der Waals surface area contributed by atoms with Crippen molar-refractivity contribution in [3.63, 3.8) is 0 Å². The molecule has 0 bridgehead atoms.